The molecule has 0 aliphatic heterocycles. The average Bonchev–Trinajstić information content (AvgIpc) is 2.42. The zero-order chi connectivity index (χ0) is 14.3. The number of aromatic nitrogens is 1. The molecule has 0 saturated heterocycles. The van der Waals surface area contributed by atoms with Gasteiger partial charge < -0.3 is 10.6 Å². The molecule has 1 heterocycles. The molecule has 1 aromatic rings. The molecule has 2 N–H and O–H groups in total. The maximum absolute atomic E-state index is 12.4. The van der Waals surface area contributed by atoms with Crippen molar-refractivity contribution in [1.82, 2.24) is 9.88 Å². The second kappa shape index (κ2) is 7.89. The predicted octanol–water partition coefficient (Wildman–Crippen LogP) is 2.19. The molecule has 1 rings (SSSR count). The number of carbonyl (C=O) groups is 1. The van der Waals surface area contributed by atoms with E-state index in [1.807, 2.05) is 37.1 Å². The molecular weight excluding hydrogens is 238 g/mol. The first kappa shape index (κ1) is 15.6. The summed E-state index contributed by atoms with van der Waals surface area (Å²) in [7, 11) is 0. The lowest BCUT2D eigenvalue weighted by Crippen LogP contribution is -2.38. The second-order valence-electron chi connectivity index (χ2n) is 5.19. The molecule has 0 bridgehead atoms. The van der Waals surface area contributed by atoms with Crippen LogP contribution in [-0.2, 0) is 11.3 Å². The molecule has 0 radical (unpaired) electrons. The SMILES string of the molecule is CCC(CN)CC(=O)N(Cc1cccnc1)C(C)C. The molecule has 0 spiro atoms. The van der Waals surface area contributed by atoms with Crippen molar-refractivity contribution in [2.24, 2.45) is 11.7 Å². The largest absolute Gasteiger partial charge is 0.336 e. The van der Waals surface area contributed by atoms with Crippen molar-refractivity contribution in [2.75, 3.05) is 6.54 Å². The molecule has 0 aliphatic carbocycles. The van der Waals surface area contributed by atoms with Crippen molar-refractivity contribution in [3.63, 3.8) is 0 Å². The monoisotopic (exact) mass is 263 g/mol. The van der Waals surface area contributed by atoms with Crippen LogP contribution < -0.4 is 5.73 Å². The Labute approximate surface area is 116 Å². The number of nitrogens with zero attached hydrogens (tertiary/aromatic N) is 2. The number of rotatable bonds is 7. The summed E-state index contributed by atoms with van der Waals surface area (Å²) >= 11 is 0. The molecule has 0 saturated carbocycles. The van der Waals surface area contributed by atoms with E-state index >= 15 is 0 Å². The van der Waals surface area contributed by atoms with Crippen LogP contribution in [0.1, 0.15) is 39.2 Å². The van der Waals surface area contributed by atoms with Crippen LogP contribution in [0.4, 0.5) is 0 Å². The predicted molar refractivity (Wildman–Crippen MR) is 77.4 cm³/mol. The summed E-state index contributed by atoms with van der Waals surface area (Å²) in [6.45, 7) is 7.34. The Hall–Kier alpha value is -1.42. The summed E-state index contributed by atoms with van der Waals surface area (Å²) in [6, 6.07) is 4.08. The van der Waals surface area contributed by atoms with Gasteiger partial charge in [-0.25, -0.2) is 0 Å². The van der Waals surface area contributed by atoms with Gasteiger partial charge in [0.15, 0.2) is 0 Å². The number of hydrogen-bond acceptors (Lipinski definition) is 3. The Morgan fingerprint density at radius 3 is 2.68 bits per heavy atom. The van der Waals surface area contributed by atoms with Gasteiger partial charge in [-0.1, -0.05) is 19.4 Å². The topological polar surface area (TPSA) is 59.2 Å². The van der Waals surface area contributed by atoms with E-state index in [1.165, 1.54) is 0 Å². The van der Waals surface area contributed by atoms with Crippen molar-refractivity contribution < 1.29 is 4.79 Å². The number of amides is 1. The fourth-order valence-electron chi connectivity index (χ4n) is 2.01. The van der Waals surface area contributed by atoms with Gasteiger partial charge in [-0.15, -0.1) is 0 Å². The highest BCUT2D eigenvalue weighted by Crippen LogP contribution is 2.14. The molecule has 4 heteroatoms. The molecule has 0 aromatic carbocycles. The van der Waals surface area contributed by atoms with Crippen LogP contribution in [0.3, 0.4) is 0 Å². The molecule has 1 unspecified atom stereocenters. The van der Waals surface area contributed by atoms with Gasteiger partial charge in [0.05, 0.1) is 0 Å². The highest BCUT2D eigenvalue weighted by Gasteiger charge is 2.20. The summed E-state index contributed by atoms with van der Waals surface area (Å²) in [5.74, 6) is 0.457. The van der Waals surface area contributed by atoms with E-state index in [-0.39, 0.29) is 17.9 Å². The van der Waals surface area contributed by atoms with Crippen molar-refractivity contribution in [3.8, 4) is 0 Å². The maximum Gasteiger partial charge on any atom is 0.223 e. The van der Waals surface area contributed by atoms with E-state index in [0.29, 0.717) is 19.5 Å². The van der Waals surface area contributed by atoms with E-state index in [9.17, 15) is 4.79 Å². The molecule has 4 nitrogen and oxygen atoms in total. The molecule has 1 atom stereocenters. The van der Waals surface area contributed by atoms with Crippen molar-refractivity contribution in [3.05, 3.63) is 30.1 Å². The number of carbonyl (C=O) groups excluding carboxylic acids is 1. The van der Waals surface area contributed by atoms with Crippen molar-refractivity contribution in [2.45, 2.75) is 46.2 Å². The zero-order valence-electron chi connectivity index (χ0n) is 12.2. The lowest BCUT2D eigenvalue weighted by atomic mass is 10.0. The maximum atomic E-state index is 12.4. The number of hydrogen-bond donors (Lipinski definition) is 1. The van der Waals surface area contributed by atoms with E-state index in [2.05, 4.69) is 11.9 Å². The fraction of sp³-hybridized carbons (Fsp3) is 0.600. The summed E-state index contributed by atoms with van der Waals surface area (Å²) in [6.07, 6.45) is 5.03. The summed E-state index contributed by atoms with van der Waals surface area (Å²) in [4.78, 5) is 18.4. The number of pyridine rings is 1. The van der Waals surface area contributed by atoms with Crippen molar-refractivity contribution >= 4 is 5.91 Å². The van der Waals surface area contributed by atoms with Gasteiger partial charge in [0, 0.05) is 31.4 Å². The van der Waals surface area contributed by atoms with Gasteiger partial charge in [0.25, 0.3) is 0 Å². The van der Waals surface area contributed by atoms with Gasteiger partial charge in [-0.2, -0.15) is 0 Å². The van der Waals surface area contributed by atoms with Crippen LogP contribution in [0.2, 0.25) is 0 Å². The first-order valence-electron chi connectivity index (χ1n) is 6.96. The minimum absolute atomic E-state index is 0.177. The molecule has 106 valence electrons. The smallest absolute Gasteiger partial charge is 0.223 e. The lowest BCUT2D eigenvalue weighted by Gasteiger charge is -2.28. The zero-order valence-corrected chi connectivity index (χ0v) is 12.2. The fourth-order valence-corrected chi connectivity index (χ4v) is 2.01. The third kappa shape index (κ3) is 4.99. The molecule has 0 fully saturated rings. The molecule has 19 heavy (non-hydrogen) atoms. The van der Waals surface area contributed by atoms with Crippen molar-refractivity contribution in [1.29, 1.82) is 0 Å². The Bertz CT molecular complexity index is 374. The second-order valence-corrected chi connectivity index (χ2v) is 5.19. The van der Waals surface area contributed by atoms with Crippen LogP contribution in [-0.4, -0.2) is 28.4 Å². The molecule has 1 aromatic heterocycles. The van der Waals surface area contributed by atoms with E-state index in [0.717, 1.165) is 12.0 Å². The van der Waals surface area contributed by atoms with Crippen LogP contribution in [0.15, 0.2) is 24.5 Å². The third-order valence-electron chi connectivity index (χ3n) is 3.39. The molecular formula is C15H25N3O. The quantitative estimate of drug-likeness (QED) is 0.820. The first-order chi connectivity index (χ1) is 9.08. The van der Waals surface area contributed by atoms with E-state index < -0.39 is 0 Å². The minimum atomic E-state index is 0.177. The standard InChI is InChI=1S/C15H25N3O/c1-4-13(9-16)8-15(19)18(12(2)3)11-14-6-5-7-17-10-14/h5-7,10,12-13H,4,8-9,11,16H2,1-3H3. The molecule has 0 aliphatic rings. The van der Waals surface area contributed by atoms with Crippen LogP contribution in [0, 0.1) is 5.92 Å². The molecule has 1 amide bonds. The van der Waals surface area contributed by atoms with Crippen LogP contribution in [0.25, 0.3) is 0 Å². The Kier molecular flexibility index (Phi) is 6.50. The van der Waals surface area contributed by atoms with Gasteiger partial charge in [0.1, 0.15) is 0 Å². The van der Waals surface area contributed by atoms with Gasteiger partial charge in [0.2, 0.25) is 5.91 Å². The Balaban J connectivity index is 2.69. The van der Waals surface area contributed by atoms with Gasteiger partial charge >= 0.3 is 0 Å². The van der Waals surface area contributed by atoms with Crippen LogP contribution in [0.5, 0.6) is 0 Å². The highest BCUT2D eigenvalue weighted by molar-refractivity contribution is 5.76. The van der Waals surface area contributed by atoms with Gasteiger partial charge in [-0.3, -0.25) is 9.78 Å². The summed E-state index contributed by atoms with van der Waals surface area (Å²) in [5, 5.41) is 0. The summed E-state index contributed by atoms with van der Waals surface area (Å²) < 4.78 is 0. The Morgan fingerprint density at radius 2 is 2.21 bits per heavy atom. The highest BCUT2D eigenvalue weighted by atomic mass is 16.2. The van der Waals surface area contributed by atoms with Gasteiger partial charge in [-0.05, 0) is 37.9 Å². The third-order valence-corrected chi connectivity index (χ3v) is 3.39. The Morgan fingerprint density at radius 1 is 1.47 bits per heavy atom. The normalized spacial score (nSPS) is 12.5. The van der Waals surface area contributed by atoms with E-state index in [4.69, 9.17) is 5.73 Å². The summed E-state index contributed by atoms with van der Waals surface area (Å²) in [5.41, 5.74) is 6.74. The number of nitrogens with two attached hydrogens (primary N) is 1. The lowest BCUT2D eigenvalue weighted by molar-refractivity contribution is -0.134. The van der Waals surface area contributed by atoms with Crippen LogP contribution >= 0.6 is 0 Å². The van der Waals surface area contributed by atoms with E-state index in [1.54, 1.807) is 6.20 Å². The average molecular weight is 263 g/mol. The first-order valence-corrected chi connectivity index (χ1v) is 6.96. The minimum Gasteiger partial charge on any atom is -0.336 e.